The quantitative estimate of drug-likeness (QED) is 0.762. The van der Waals surface area contributed by atoms with Crippen molar-refractivity contribution in [2.45, 2.75) is 19.8 Å². The number of nitrogens with one attached hydrogen (secondary N) is 1. The van der Waals surface area contributed by atoms with Crippen molar-refractivity contribution in [3.05, 3.63) is 29.8 Å². The third-order valence-electron chi connectivity index (χ3n) is 2.90. The Morgan fingerprint density at radius 3 is 2.25 bits per heavy atom. The molecule has 0 spiro atoms. The summed E-state index contributed by atoms with van der Waals surface area (Å²) in [6.07, 6.45) is 0.861. The molecule has 0 bridgehead atoms. The molecule has 2 rings (SSSR count). The van der Waals surface area contributed by atoms with Crippen LogP contribution < -0.4 is 5.32 Å². The minimum Gasteiger partial charge on any atom is -0.480 e. The van der Waals surface area contributed by atoms with Gasteiger partial charge in [-0.25, -0.2) is 0 Å². The molecule has 2 N–H and O–H groups in total. The van der Waals surface area contributed by atoms with E-state index in [4.69, 9.17) is 5.11 Å². The maximum Gasteiger partial charge on any atom is 0.319 e. The molecule has 1 fully saturated rings. The molecule has 1 saturated carbocycles. The molecule has 0 aromatic heterocycles. The van der Waals surface area contributed by atoms with Gasteiger partial charge in [0.25, 0.3) is 0 Å². The summed E-state index contributed by atoms with van der Waals surface area (Å²) in [6.45, 7) is 1.95. The van der Waals surface area contributed by atoms with Crippen LogP contribution in [-0.2, 0) is 9.59 Å². The van der Waals surface area contributed by atoms with E-state index in [0.29, 0.717) is 18.5 Å². The fraction of sp³-hybridized carbons (Fsp3) is 0.333. The van der Waals surface area contributed by atoms with E-state index >= 15 is 0 Å². The van der Waals surface area contributed by atoms with Gasteiger partial charge in [0.05, 0.1) is 0 Å². The zero-order valence-corrected chi connectivity index (χ0v) is 8.99. The first-order valence-corrected chi connectivity index (χ1v) is 5.16. The monoisotopic (exact) mass is 219 g/mol. The Bertz CT molecular complexity index is 432. The number of anilines is 1. The number of benzene rings is 1. The first-order chi connectivity index (χ1) is 7.54. The smallest absolute Gasteiger partial charge is 0.319 e. The highest BCUT2D eigenvalue weighted by Gasteiger charge is 2.57. The Balaban J connectivity index is 2.08. The second-order valence-corrected chi connectivity index (χ2v) is 4.21. The predicted molar refractivity (Wildman–Crippen MR) is 59.1 cm³/mol. The van der Waals surface area contributed by atoms with E-state index in [9.17, 15) is 9.59 Å². The summed E-state index contributed by atoms with van der Waals surface area (Å²) in [5, 5.41) is 11.6. The van der Waals surface area contributed by atoms with E-state index in [1.54, 1.807) is 12.1 Å². The molecule has 16 heavy (non-hydrogen) atoms. The van der Waals surface area contributed by atoms with Crippen LogP contribution in [-0.4, -0.2) is 17.0 Å². The largest absolute Gasteiger partial charge is 0.480 e. The second kappa shape index (κ2) is 3.63. The molecule has 0 unspecified atom stereocenters. The van der Waals surface area contributed by atoms with Crippen molar-refractivity contribution >= 4 is 17.6 Å². The molecule has 0 heterocycles. The number of carbonyl (C=O) groups is 2. The Morgan fingerprint density at radius 2 is 1.81 bits per heavy atom. The van der Waals surface area contributed by atoms with Gasteiger partial charge in [-0.05, 0) is 31.9 Å². The van der Waals surface area contributed by atoms with E-state index in [2.05, 4.69) is 5.32 Å². The lowest BCUT2D eigenvalue weighted by molar-refractivity contribution is -0.147. The average Bonchev–Trinajstić information content (AvgIpc) is 3.02. The number of hydrogen-bond donors (Lipinski definition) is 2. The fourth-order valence-corrected chi connectivity index (χ4v) is 1.55. The standard InChI is InChI=1S/C12H13NO3/c1-8-2-4-9(5-3-8)13-10(14)12(6-7-12)11(15)16/h2-5H,6-7H2,1H3,(H,13,14)(H,15,16). The van der Waals surface area contributed by atoms with Crippen LogP contribution in [0.5, 0.6) is 0 Å². The number of carboxylic acids is 1. The van der Waals surface area contributed by atoms with Crippen LogP contribution in [0.1, 0.15) is 18.4 Å². The zero-order chi connectivity index (χ0) is 11.8. The van der Waals surface area contributed by atoms with Gasteiger partial charge in [0.2, 0.25) is 5.91 Å². The molecular weight excluding hydrogens is 206 g/mol. The van der Waals surface area contributed by atoms with Gasteiger partial charge >= 0.3 is 5.97 Å². The molecular formula is C12H13NO3. The Kier molecular flexibility index (Phi) is 2.42. The van der Waals surface area contributed by atoms with Crippen molar-refractivity contribution in [1.82, 2.24) is 0 Å². The minimum absolute atomic E-state index is 0.413. The van der Waals surface area contributed by atoms with Crippen molar-refractivity contribution < 1.29 is 14.7 Å². The zero-order valence-electron chi connectivity index (χ0n) is 8.99. The maximum absolute atomic E-state index is 11.7. The molecule has 1 aliphatic carbocycles. The number of aryl methyl sites for hydroxylation is 1. The molecule has 0 saturated heterocycles. The number of hydrogen-bond acceptors (Lipinski definition) is 2. The molecule has 0 radical (unpaired) electrons. The molecule has 4 heteroatoms. The lowest BCUT2D eigenvalue weighted by Gasteiger charge is -2.10. The van der Waals surface area contributed by atoms with Crippen molar-refractivity contribution in [2.24, 2.45) is 5.41 Å². The van der Waals surface area contributed by atoms with Gasteiger partial charge in [0.1, 0.15) is 5.41 Å². The van der Waals surface area contributed by atoms with Gasteiger partial charge in [0, 0.05) is 5.69 Å². The average molecular weight is 219 g/mol. The Hall–Kier alpha value is -1.84. The molecule has 4 nitrogen and oxygen atoms in total. The number of rotatable bonds is 3. The van der Waals surface area contributed by atoms with Crippen molar-refractivity contribution in [1.29, 1.82) is 0 Å². The molecule has 1 aromatic carbocycles. The van der Waals surface area contributed by atoms with Crippen molar-refractivity contribution in [3.63, 3.8) is 0 Å². The lowest BCUT2D eigenvalue weighted by Crippen LogP contribution is -2.31. The van der Waals surface area contributed by atoms with Crippen LogP contribution in [0.2, 0.25) is 0 Å². The number of carboxylic acid groups (broad SMARTS) is 1. The van der Waals surface area contributed by atoms with Gasteiger partial charge in [0.15, 0.2) is 0 Å². The summed E-state index contributed by atoms with van der Waals surface area (Å²) < 4.78 is 0. The van der Waals surface area contributed by atoms with Gasteiger partial charge in [-0.3, -0.25) is 9.59 Å². The fourth-order valence-electron chi connectivity index (χ4n) is 1.55. The van der Waals surface area contributed by atoms with Crippen LogP contribution >= 0.6 is 0 Å². The summed E-state index contributed by atoms with van der Waals surface area (Å²) >= 11 is 0. The topological polar surface area (TPSA) is 66.4 Å². The van der Waals surface area contributed by atoms with Crippen LogP contribution in [0.15, 0.2) is 24.3 Å². The van der Waals surface area contributed by atoms with Crippen molar-refractivity contribution in [2.75, 3.05) is 5.32 Å². The molecule has 0 aliphatic heterocycles. The molecule has 84 valence electrons. The summed E-state index contributed by atoms with van der Waals surface area (Å²) in [7, 11) is 0. The van der Waals surface area contributed by atoms with E-state index in [-0.39, 0.29) is 0 Å². The van der Waals surface area contributed by atoms with Gasteiger partial charge in [-0.2, -0.15) is 0 Å². The van der Waals surface area contributed by atoms with E-state index in [1.165, 1.54) is 0 Å². The summed E-state index contributed by atoms with van der Waals surface area (Å²) in [5.74, 6) is -1.44. The van der Waals surface area contributed by atoms with E-state index in [1.807, 2.05) is 19.1 Å². The van der Waals surface area contributed by atoms with Crippen LogP contribution in [0.4, 0.5) is 5.69 Å². The highest BCUT2D eigenvalue weighted by atomic mass is 16.4. The Labute approximate surface area is 93.3 Å². The highest BCUT2D eigenvalue weighted by molar-refractivity contribution is 6.10. The molecule has 1 aliphatic rings. The first kappa shape index (κ1) is 10.7. The number of carbonyl (C=O) groups excluding carboxylic acids is 1. The van der Waals surface area contributed by atoms with Gasteiger partial charge in [-0.15, -0.1) is 0 Å². The number of amides is 1. The van der Waals surface area contributed by atoms with Crippen LogP contribution in [0.3, 0.4) is 0 Å². The predicted octanol–water partition coefficient (Wildman–Crippen LogP) is 1.80. The molecule has 0 atom stereocenters. The normalized spacial score (nSPS) is 16.6. The molecule has 1 amide bonds. The Morgan fingerprint density at radius 1 is 1.25 bits per heavy atom. The molecule has 1 aromatic rings. The third kappa shape index (κ3) is 1.78. The SMILES string of the molecule is Cc1ccc(NC(=O)C2(C(=O)O)CC2)cc1. The lowest BCUT2D eigenvalue weighted by atomic mass is 10.1. The maximum atomic E-state index is 11.7. The second-order valence-electron chi connectivity index (χ2n) is 4.21. The van der Waals surface area contributed by atoms with Crippen LogP contribution in [0, 0.1) is 12.3 Å². The minimum atomic E-state index is -1.18. The van der Waals surface area contributed by atoms with Gasteiger partial charge < -0.3 is 10.4 Å². The number of aliphatic carboxylic acids is 1. The highest BCUT2D eigenvalue weighted by Crippen LogP contribution is 2.46. The van der Waals surface area contributed by atoms with E-state index in [0.717, 1.165) is 5.56 Å². The summed E-state index contributed by atoms with van der Waals surface area (Å²) in [6, 6.07) is 7.28. The first-order valence-electron chi connectivity index (χ1n) is 5.16. The van der Waals surface area contributed by atoms with Gasteiger partial charge in [-0.1, -0.05) is 17.7 Å². The van der Waals surface area contributed by atoms with E-state index < -0.39 is 17.3 Å². The van der Waals surface area contributed by atoms with Crippen molar-refractivity contribution in [3.8, 4) is 0 Å². The van der Waals surface area contributed by atoms with Crippen LogP contribution in [0.25, 0.3) is 0 Å². The summed E-state index contributed by atoms with van der Waals surface area (Å²) in [5.41, 5.74) is 0.561. The summed E-state index contributed by atoms with van der Waals surface area (Å²) in [4.78, 5) is 22.6. The third-order valence-corrected chi connectivity index (χ3v) is 2.90.